The van der Waals surface area contributed by atoms with E-state index in [9.17, 15) is 9.59 Å². The van der Waals surface area contributed by atoms with Crippen LogP contribution in [0.3, 0.4) is 0 Å². The van der Waals surface area contributed by atoms with Gasteiger partial charge in [-0.25, -0.2) is 4.79 Å². The molecule has 0 unspecified atom stereocenters. The molecule has 0 aliphatic rings. The average molecular weight is 385 g/mol. The number of aryl methyl sites for hydroxylation is 1. The molecule has 0 saturated heterocycles. The van der Waals surface area contributed by atoms with Crippen molar-refractivity contribution < 1.29 is 18.7 Å². The van der Waals surface area contributed by atoms with Crippen molar-refractivity contribution in [1.82, 2.24) is 0 Å². The lowest BCUT2D eigenvalue weighted by Crippen LogP contribution is -2.15. The van der Waals surface area contributed by atoms with Crippen molar-refractivity contribution in [2.45, 2.75) is 13.5 Å². The van der Waals surface area contributed by atoms with E-state index in [-0.39, 0.29) is 18.2 Å². The Labute approximate surface area is 167 Å². The molecule has 0 saturated carbocycles. The lowest BCUT2D eigenvalue weighted by atomic mass is 10.1. The molecule has 0 aliphatic heterocycles. The minimum absolute atomic E-state index is 0.0757. The summed E-state index contributed by atoms with van der Waals surface area (Å²) in [6.45, 7) is 2.08. The third-order valence-electron chi connectivity index (χ3n) is 4.56. The van der Waals surface area contributed by atoms with E-state index in [4.69, 9.17) is 9.15 Å². The monoisotopic (exact) mass is 385 g/mol. The Bertz CT molecular complexity index is 1160. The summed E-state index contributed by atoms with van der Waals surface area (Å²) in [7, 11) is 0. The molecule has 144 valence electrons. The maximum absolute atomic E-state index is 13.0. The quantitative estimate of drug-likeness (QED) is 0.446. The molecule has 0 spiro atoms. The van der Waals surface area contributed by atoms with Crippen LogP contribution in [0, 0.1) is 6.92 Å². The summed E-state index contributed by atoms with van der Waals surface area (Å²) in [5.74, 6) is -0.230. The Morgan fingerprint density at radius 1 is 0.897 bits per heavy atom. The molecule has 4 aromatic rings. The summed E-state index contributed by atoms with van der Waals surface area (Å²) in [4.78, 5) is 25.4. The van der Waals surface area contributed by atoms with E-state index < -0.39 is 6.09 Å². The number of ether oxygens (including phenoxy) is 1. The van der Waals surface area contributed by atoms with Crippen LogP contribution in [0.4, 0.5) is 10.5 Å². The fourth-order valence-electron chi connectivity index (χ4n) is 3.03. The van der Waals surface area contributed by atoms with Crippen LogP contribution in [0.5, 0.6) is 0 Å². The fraction of sp³-hybridized carbons (Fsp3) is 0.0833. The molecule has 29 heavy (non-hydrogen) atoms. The number of carbonyl (C=O) groups is 2. The van der Waals surface area contributed by atoms with E-state index in [0.717, 1.165) is 11.1 Å². The van der Waals surface area contributed by atoms with Crippen molar-refractivity contribution in [3.05, 3.63) is 101 Å². The molecule has 4 rings (SSSR count). The van der Waals surface area contributed by atoms with Crippen molar-refractivity contribution in [3.63, 3.8) is 0 Å². The molecule has 5 heteroatoms. The summed E-state index contributed by atoms with van der Waals surface area (Å²) in [6.07, 6.45) is -0.654. The number of anilines is 1. The highest BCUT2D eigenvalue weighted by Gasteiger charge is 2.23. The molecule has 0 aliphatic carbocycles. The summed E-state index contributed by atoms with van der Waals surface area (Å²) in [5, 5.41) is 3.33. The summed E-state index contributed by atoms with van der Waals surface area (Å²) >= 11 is 0. The van der Waals surface area contributed by atoms with Crippen LogP contribution < -0.4 is 5.32 Å². The van der Waals surface area contributed by atoms with Crippen molar-refractivity contribution in [2.24, 2.45) is 0 Å². The normalized spacial score (nSPS) is 10.7. The highest BCUT2D eigenvalue weighted by atomic mass is 16.5. The van der Waals surface area contributed by atoms with Crippen LogP contribution in [0.1, 0.15) is 27.2 Å². The average Bonchev–Trinajstić information content (AvgIpc) is 3.11. The van der Waals surface area contributed by atoms with Crippen LogP contribution in [-0.2, 0) is 11.3 Å². The molecule has 1 N–H and O–H groups in total. The number of fused-ring (bicyclic) bond motifs is 1. The molecular formula is C24H19NO4. The number of carbonyl (C=O) groups excluding carboxylic acids is 2. The molecule has 0 bridgehead atoms. The standard InChI is InChI=1S/C24H19NO4/c1-16-11-13-18(14-12-16)22(26)23-21(19-9-5-6-10-20(19)29-23)25-24(27)28-15-17-7-3-2-4-8-17/h2-14H,15H2,1H3,(H,25,27). The number of hydrogen-bond acceptors (Lipinski definition) is 4. The van der Waals surface area contributed by atoms with E-state index in [1.165, 1.54) is 0 Å². The van der Waals surface area contributed by atoms with Crippen LogP contribution in [0.15, 0.2) is 83.3 Å². The lowest BCUT2D eigenvalue weighted by molar-refractivity contribution is 0.101. The molecule has 3 aromatic carbocycles. The Kier molecular flexibility index (Phi) is 5.12. The van der Waals surface area contributed by atoms with Gasteiger partial charge >= 0.3 is 6.09 Å². The van der Waals surface area contributed by atoms with Gasteiger partial charge in [-0.05, 0) is 24.6 Å². The molecule has 1 aromatic heterocycles. The van der Waals surface area contributed by atoms with E-state index in [0.29, 0.717) is 22.2 Å². The van der Waals surface area contributed by atoms with E-state index in [2.05, 4.69) is 5.32 Å². The molecule has 1 amide bonds. The predicted octanol–water partition coefficient (Wildman–Crippen LogP) is 5.72. The first-order valence-electron chi connectivity index (χ1n) is 9.22. The zero-order valence-corrected chi connectivity index (χ0v) is 15.8. The van der Waals surface area contributed by atoms with E-state index >= 15 is 0 Å². The van der Waals surface area contributed by atoms with Crippen LogP contribution in [0.2, 0.25) is 0 Å². The van der Waals surface area contributed by atoms with Gasteiger partial charge < -0.3 is 9.15 Å². The number of nitrogens with one attached hydrogen (secondary N) is 1. The predicted molar refractivity (Wildman–Crippen MR) is 111 cm³/mol. The third kappa shape index (κ3) is 4.04. The lowest BCUT2D eigenvalue weighted by Gasteiger charge is -2.08. The second-order valence-corrected chi connectivity index (χ2v) is 6.68. The number of hydrogen-bond donors (Lipinski definition) is 1. The zero-order chi connectivity index (χ0) is 20.2. The van der Waals surface area contributed by atoms with Crippen LogP contribution >= 0.6 is 0 Å². The van der Waals surface area contributed by atoms with Gasteiger partial charge in [0.1, 0.15) is 17.9 Å². The molecular weight excluding hydrogens is 366 g/mol. The summed E-state index contributed by atoms with van der Waals surface area (Å²) in [6, 6.07) is 23.7. The second kappa shape index (κ2) is 8.02. The minimum Gasteiger partial charge on any atom is -0.450 e. The first-order chi connectivity index (χ1) is 14.1. The van der Waals surface area contributed by atoms with Gasteiger partial charge in [-0.1, -0.05) is 72.3 Å². The highest BCUT2D eigenvalue weighted by Crippen LogP contribution is 2.32. The van der Waals surface area contributed by atoms with E-state index in [1.54, 1.807) is 24.3 Å². The first kappa shape index (κ1) is 18.5. The Morgan fingerprint density at radius 3 is 2.34 bits per heavy atom. The minimum atomic E-state index is -0.654. The molecule has 1 heterocycles. The van der Waals surface area contributed by atoms with Crippen molar-refractivity contribution in [1.29, 1.82) is 0 Å². The van der Waals surface area contributed by atoms with Crippen molar-refractivity contribution in [3.8, 4) is 0 Å². The van der Waals surface area contributed by atoms with Gasteiger partial charge in [0.15, 0.2) is 5.76 Å². The van der Waals surface area contributed by atoms with Crippen LogP contribution in [-0.4, -0.2) is 11.9 Å². The summed E-state index contributed by atoms with van der Waals surface area (Å²) in [5.41, 5.74) is 3.23. The molecule has 0 atom stereocenters. The number of amides is 1. The maximum Gasteiger partial charge on any atom is 0.412 e. The van der Waals surface area contributed by atoms with Gasteiger partial charge in [-0.15, -0.1) is 0 Å². The Balaban J connectivity index is 1.62. The summed E-state index contributed by atoms with van der Waals surface area (Å²) < 4.78 is 11.1. The van der Waals surface area contributed by atoms with Gasteiger partial charge in [0.25, 0.3) is 0 Å². The maximum atomic E-state index is 13.0. The van der Waals surface area contributed by atoms with Gasteiger partial charge in [-0.2, -0.15) is 0 Å². The number of benzene rings is 3. The van der Waals surface area contributed by atoms with Gasteiger partial charge in [0.05, 0.1) is 0 Å². The molecule has 5 nitrogen and oxygen atoms in total. The van der Waals surface area contributed by atoms with Gasteiger partial charge in [0, 0.05) is 10.9 Å². The Morgan fingerprint density at radius 2 is 1.59 bits per heavy atom. The van der Waals surface area contributed by atoms with Crippen molar-refractivity contribution in [2.75, 3.05) is 5.32 Å². The van der Waals surface area contributed by atoms with Crippen LogP contribution in [0.25, 0.3) is 11.0 Å². The van der Waals surface area contributed by atoms with Gasteiger partial charge in [0.2, 0.25) is 5.78 Å². The molecule has 0 radical (unpaired) electrons. The number of rotatable bonds is 5. The SMILES string of the molecule is Cc1ccc(C(=O)c2oc3ccccc3c2NC(=O)OCc2ccccc2)cc1. The first-order valence-corrected chi connectivity index (χ1v) is 9.22. The zero-order valence-electron chi connectivity index (χ0n) is 15.8. The Hall–Kier alpha value is -3.86. The number of para-hydroxylation sites is 1. The second-order valence-electron chi connectivity index (χ2n) is 6.68. The third-order valence-corrected chi connectivity index (χ3v) is 4.56. The number of ketones is 1. The van der Waals surface area contributed by atoms with Gasteiger partial charge in [-0.3, -0.25) is 10.1 Å². The highest BCUT2D eigenvalue weighted by molar-refractivity contribution is 6.16. The fourth-order valence-corrected chi connectivity index (χ4v) is 3.03. The smallest absolute Gasteiger partial charge is 0.412 e. The van der Waals surface area contributed by atoms with E-state index in [1.807, 2.05) is 61.5 Å². The largest absolute Gasteiger partial charge is 0.450 e. The topological polar surface area (TPSA) is 68.5 Å². The van der Waals surface area contributed by atoms with Crippen molar-refractivity contribution >= 4 is 28.5 Å². The number of furan rings is 1. The molecule has 0 fully saturated rings.